The molecule has 0 aliphatic heterocycles. The van der Waals surface area contributed by atoms with Crippen LogP contribution in [-0.2, 0) is 9.47 Å². The molecule has 0 rings (SSSR count). The van der Waals surface area contributed by atoms with Gasteiger partial charge in [-0.1, -0.05) is 0 Å². The highest BCUT2D eigenvalue weighted by atomic mass is 31.0. The van der Waals surface area contributed by atoms with Crippen LogP contribution in [0.3, 0.4) is 0 Å². The van der Waals surface area contributed by atoms with Gasteiger partial charge in [0.2, 0.25) is 5.65 Å². The second kappa shape index (κ2) is 9.62. The molecule has 0 aliphatic carbocycles. The van der Waals surface area contributed by atoms with Crippen molar-refractivity contribution >= 4 is 14.9 Å². The minimum absolute atomic E-state index is 0.0596. The van der Waals surface area contributed by atoms with Crippen molar-refractivity contribution in [1.29, 1.82) is 0 Å². The summed E-state index contributed by atoms with van der Waals surface area (Å²) in [6, 6.07) is 0. The zero-order valence-electron chi connectivity index (χ0n) is 11.3. The average Bonchev–Trinajstić information content (AvgIpc) is 2.30. The second-order valence-electron chi connectivity index (χ2n) is 4.38. The van der Waals surface area contributed by atoms with Gasteiger partial charge in [0.25, 0.3) is 0 Å². The van der Waals surface area contributed by atoms with Crippen molar-refractivity contribution in [3.05, 3.63) is 0 Å². The average molecular weight is 282 g/mol. The quantitative estimate of drug-likeness (QED) is 0.462. The number of rotatable bonds is 10. The molecule has 18 heavy (non-hydrogen) atoms. The van der Waals surface area contributed by atoms with Crippen LogP contribution in [0.5, 0.6) is 0 Å². The SMILES string of the molecule is CNCCOCCOC(C)(C)C(F)CNC(=O)P. The van der Waals surface area contributed by atoms with Gasteiger partial charge in [0.05, 0.1) is 32.0 Å². The summed E-state index contributed by atoms with van der Waals surface area (Å²) in [4.78, 5) is 10.7. The number of halogens is 1. The maximum atomic E-state index is 13.8. The molecule has 1 amide bonds. The molecule has 2 atom stereocenters. The van der Waals surface area contributed by atoms with Crippen molar-refractivity contribution in [3.63, 3.8) is 0 Å². The number of likely N-dealkylation sites (N-methyl/N-ethyl adjacent to an activating group) is 1. The molecule has 0 heterocycles. The van der Waals surface area contributed by atoms with Crippen molar-refractivity contribution in [2.75, 3.05) is 40.0 Å². The first-order valence-corrected chi connectivity index (χ1v) is 6.51. The summed E-state index contributed by atoms with van der Waals surface area (Å²) in [5.41, 5.74) is -1.27. The lowest BCUT2D eigenvalue weighted by Gasteiger charge is -2.29. The molecule has 0 aromatic heterocycles. The van der Waals surface area contributed by atoms with Crippen molar-refractivity contribution in [3.8, 4) is 0 Å². The zero-order valence-corrected chi connectivity index (χ0v) is 12.4. The number of carbonyl (C=O) groups excluding carboxylic acids is 1. The molecule has 7 heteroatoms. The van der Waals surface area contributed by atoms with Crippen molar-refractivity contribution in [2.45, 2.75) is 25.6 Å². The van der Waals surface area contributed by atoms with Gasteiger partial charge < -0.3 is 20.1 Å². The number of alkyl halides is 1. The Balaban J connectivity index is 3.73. The summed E-state index contributed by atoms with van der Waals surface area (Å²) in [7, 11) is 3.79. The van der Waals surface area contributed by atoms with Crippen LogP contribution in [0.1, 0.15) is 13.8 Å². The maximum absolute atomic E-state index is 13.8. The van der Waals surface area contributed by atoms with Crippen LogP contribution in [0.15, 0.2) is 0 Å². The minimum Gasteiger partial charge on any atom is -0.378 e. The van der Waals surface area contributed by atoms with Gasteiger partial charge in [-0.05, 0) is 30.1 Å². The minimum atomic E-state index is -1.26. The van der Waals surface area contributed by atoms with Crippen LogP contribution in [-0.4, -0.2) is 57.4 Å². The Kier molecular flexibility index (Phi) is 9.46. The van der Waals surface area contributed by atoms with Gasteiger partial charge in [0, 0.05) is 6.54 Å². The molecule has 108 valence electrons. The predicted octanol–water partition coefficient (Wildman–Crippen LogP) is 0.940. The van der Waals surface area contributed by atoms with Gasteiger partial charge in [0.15, 0.2) is 0 Å². The largest absolute Gasteiger partial charge is 0.378 e. The van der Waals surface area contributed by atoms with Crippen molar-refractivity contribution < 1.29 is 18.7 Å². The fraction of sp³-hybridized carbons (Fsp3) is 0.909. The van der Waals surface area contributed by atoms with Gasteiger partial charge in [-0.2, -0.15) is 0 Å². The van der Waals surface area contributed by atoms with Crippen LogP contribution >= 0.6 is 9.24 Å². The van der Waals surface area contributed by atoms with E-state index in [2.05, 4.69) is 10.6 Å². The second-order valence-corrected chi connectivity index (χ2v) is 4.90. The van der Waals surface area contributed by atoms with Gasteiger partial charge >= 0.3 is 0 Å². The fourth-order valence-electron chi connectivity index (χ4n) is 1.17. The lowest BCUT2D eigenvalue weighted by Crippen LogP contribution is -2.43. The Hall–Kier alpha value is -0.290. The highest BCUT2D eigenvalue weighted by Crippen LogP contribution is 2.17. The van der Waals surface area contributed by atoms with E-state index < -0.39 is 11.8 Å². The monoisotopic (exact) mass is 282 g/mol. The Labute approximate surface area is 110 Å². The first kappa shape index (κ1) is 17.7. The molecule has 5 nitrogen and oxygen atoms in total. The zero-order chi connectivity index (χ0) is 14.0. The van der Waals surface area contributed by atoms with Crippen LogP contribution in [0, 0.1) is 0 Å². The molecule has 0 spiro atoms. The molecule has 0 aliphatic rings. The summed E-state index contributed by atoms with van der Waals surface area (Å²) in [6.45, 7) is 5.37. The van der Waals surface area contributed by atoms with Crippen LogP contribution in [0.25, 0.3) is 0 Å². The third kappa shape index (κ3) is 8.75. The topological polar surface area (TPSA) is 59.6 Å². The predicted molar refractivity (Wildman–Crippen MR) is 72.8 cm³/mol. The van der Waals surface area contributed by atoms with Gasteiger partial charge in [0.1, 0.15) is 6.17 Å². The molecule has 0 fully saturated rings. The normalized spacial score (nSPS) is 13.4. The molecular weight excluding hydrogens is 258 g/mol. The molecule has 0 saturated carbocycles. The van der Waals surface area contributed by atoms with E-state index in [0.717, 1.165) is 6.54 Å². The lowest BCUT2D eigenvalue weighted by atomic mass is 10.0. The first-order chi connectivity index (χ1) is 8.40. The third-order valence-electron chi connectivity index (χ3n) is 2.41. The van der Waals surface area contributed by atoms with E-state index in [1.54, 1.807) is 13.8 Å². The summed E-state index contributed by atoms with van der Waals surface area (Å²) in [6.07, 6.45) is -1.26. The number of hydrogen-bond donors (Lipinski definition) is 2. The molecule has 0 aromatic rings. The molecule has 0 aromatic carbocycles. The van der Waals surface area contributed by atoms with Gasteiger partial charge in [-0.15, -0.1) is 0 Å². The lowest BCUT2D eigenvalue weighted by molar-refractivity contribution is -0.0858. The number of carbonyl (C=O) groups is 1. The number of ether oxygens (including phenoxy) is 2. The van der Waals surface area contributed by atoms with E-state index in [-0.39, 0.29) is 12.2 Å². The molecule has 2 N–H and O–H groups in total. The summed E-state index contributed by atoms with van der Waals surface area (Å²) in [5.74, 6) is 0. The Bertz CT molecular complexity index is 242. The Morgan fingerprint density at radius 1 is 1.39 bits per heavy atom. The number of nitrogens with one attached hydrogen (secondary N) is 2. The molecular formula is C11H24FN2O3P. The van der Waals surface area contributed by atoms with E-state index in [4.69, 9.17) is 9.47 Å². The number of hydrogen-bond acceptors (Lipinski definition) is 4. The molecule has 0 radical (unpaired) electrons. The number of amides is 1. The van der Waals surface area contributed by atoms with Crippen molar-refractivity contribution in [1.82, 2.24) is 10.6 Å². The highest BCUT2D eigenvalue weighted by Gasteiger charge is 2.30. The van der Waals surface area contributed by atoms with Crippen LogP contribution < -0.4 is 10.6 Å². The molecule has 0 bridgehead atoms. The smallest absolute Gasteiger partial charge is 0.234 e. The van der Waals surface area contributed by atoms with Gasteiger partial charge in [-0.3, -0.25) is 4.79 Å². The summed E-state index contributed by atoms with van der Waals surface area (Å²) < 4.78 is 24.5. The van der Waals surface area contributed by atoms with E-state index in [1.807, 2.05) is 16.3 Å². The van der Waals surface area contributed by atoms with Crippen molar-refractivity contribution in [2.24, 2.45) is 0 Å². The molecule has 2 unspecified atom stereocenters. The van der Waals surface area contributed by atoms with E-state index in [0.29, 0.717) is 19.8 Å². The summed E-state index contributed by atoms with van der Waals surface area (Å²) in [5, 5.41) is 5.35. The summed E-state index contributed by atoms with van der Waals surface area (Å²) >= 11 is 0. The Morgan fingerprint density at radius 3 is 2.61 bits per heavy atom. The standard InChI is InChI=1S/C11H24FN2O3P/c1-11(2,9(12)8-14-10(15)18)17-7-6-16-5-4-13-3/h9,13H,4-8,18H2,1-3H3,(H,14,15). The maximum Gasteiger partial charge on any atom is 0.234 e. The molecule has 0 saturated heterocycles. The van der Waals surface area contributed by atoms with Crippen LogP contribution in [0.2, 0.25) is 0 Å². The van der Waals surface area contributed by atoms with E-state index in [9.17, 15) is 9.18 Å². The van der Waals surface area contributed by atoms with E-state index >= 15 is 0 Å². The third-order valence-corrected chi connectivity index (χ3v) is 2.61. The van der Waals surface area contributed by atoms with Gasteiger partial charge in [-0.25, -0.2) is 4.39 Å². The first-order valence-electron chi connectivity index (χ1n) is 5.94. The highest BCUT2D eigenvalue weighted by molar-refractivity contribution is 7.39. The van der Waals surface area contributed by atoms with Crippen LogP contribution in [0.4, 0.5) is 9.18 Å². The van der Waals surface area contributed by atoms with E-state index in [1.165, 1.54) is 0 Å². The fourth-order valence-corrected chi connectivity index (χ4v) is 1.28. The Morgan fingerprint density at radius 2 is 2.06 bits per heavy atom.